The molecule has 0 unspecified atom stereocenters. The van der Waals surface area contributed by atoms with Gasteiger partial charge in [0, 0.05) is 44.0 Å². The maximum atomic E-state index is 12.4. The average Bonchev–Trinajstić information content (AvgIpc) is 3.46. The molecule has 0 atom stereocenters. The van der Waals surface area contributed by atoms with Crippen LogP contribution in [0.25, 0.3) is 0 Å². The molecule has 1 saturated carbocycles. The molecule has 2 aromatic rings. The van der Waals surface area contributed by atoms with Gasteiger partial charge in [0.25, 0.3) is 5.56 Å². The first-order chi connectivity index (χ1) is 12.8. The van der Waals surface area contributed by atoms with Gasteiger partial charge in [-0.1, -0.05) is 0 Å². The van der Waals surface area contributed by atoms with E-state index in [4.69, 9.17) is 0 Å². The monoisotopic (exact) mass is 352 g/mol. The van der Waals surface area contributed by atoms with Crippen LogP contribution >= 0.6 is 0 Å². The Morgan fingerprint density at radius 3 is 2.85 bits per heavy atom. The Morgan fingerprint density at radius 1 is 1.15 bits per heavy atom. The standard InChI is InChI=1S/C19H24N6O/c26-19-18(20-7-8-25(19)15-5-6-15)21-10-13-11-24(12-13)17-9-14-3-1-2-4-16(14)22-23-17/h7-9,13,15H,1-6,10-12H2,(H,20,21). The van der Waals surface area contributed by atoms with Gasteiger partial charge in [0.05, 0.1) is 5.69 Å². The van der Waals surface area contributed by atoms with E-state index in [1.807, 2.05) is 4.57 Å². The first-order valence-corrected chi connectivity index (χ1v) is 9.69. The molecule has 0 spiro atoms. The van der Waals surface area contributed by atoms with Crippen molar-refractivity contribution in [1.29, 1.82) is 0 Å². The summed E-state index contributed by atoms with van der Waals surface area (Å²) in [6.45, 7) is 2.67. The number of hydrogen-bond donors (Lipinski definition) is 1. The molecule has 2 aromatic heterocycles. The molecule has 1 N–H and O–H groups in total. The van der Waals surface area contributed by atoms with Gasteiger partial charge in [-0.2, -0.15) is 5.10 Å². The summed E-state index contributed by atoms with van der Waals surface area (Å²) < 4.78 is 1.81. The minimum Gasteiger partial charge on any atom is -0.365 e. The van der Waals surface area contributed by atoms with E-state index >= 15 is 0 Å². The molecule has 2 aliphatic carbocycles. The predicted molar refractivity (Wildman–Crippen MR) is 99.6 cm³/mol. The highest BCUT2D eigenvalue weighted by Gasteiger charge is 2.29. The van der Waals surface area contributed by atoms with E-state index in [0.717, 1.165) is 51.1 Å². The number of fused-ring (bicyclic) bond motifs is 1. The van der Waals surface area contributed by atoms with Crippen LogP contribution in [0.15, 0.2) is 23.3 Å². The molecule has 7 nitrogen and oxygen atoms in total. The zero-order valence-corrected chi connectivity index (χ0v) is 14.9. The zero-order chi connectivity index (χ0) is 17.5. The first-order valence-electron chi connectivity index (χ1n) is 9.69. The van der Waals surface area contributed by atoms with Crippen molar-refractivity contribution in [3.63, 3.8) is 0 Å². The lowest BCUT2D eigenvalue weighted by Crippen LogP contribution is -2.50. The fourth-order valence-corrected chi connectivity index (χ4v) is 3.95. The fourth-order valence-electron chi connectivity index (χ4n) is 3.95. The van der Waals surface area contributed by atoms with Crippen LogP contribution < -0.4 is 15.8 Å². The Bertz CT molecular complexity index is 869. The van der Waals surface area contributed by atoms with Crippen LogP contribution in [0.5, 0.6) is 0 Å². The molecule has 0 bridgehead atoms. The first kappa shape index (κ1) is 15.8. The molecular formula is C19H24N6O. The minimum atomic E-state index is 0.00623. The Hall–Kier alpha value is -2.44. The summed E-state index contributed by atoms with van der Waals surface area (Å²) in [6, 6.07) is 2.60. The van der Waals surface area contributed by atoms with Gasteiger partial charge in [-0.3, -0.25) is 4.79 Å². The van der Waals surface area contributed by atoms with E-state index < -0.39 is 0 Å². The molecule has 3 aliphatic rings. The second-order valence-corrected chi connectivity index (χ2v) is 7.75. The van der Waals surface area contributed by atoms with E-state index in [1.165, 1.54) is 24.1 Å². The van der Waals surface area contributed by atoms with Gasteiger partial charge < -0.3 is 14.8 Å². The maximum Gasteiger partial charge on any atom is 0.293 e. The Kier molecular flexibility index (Phi) is 3.87. The highest BCUT2D eigenvalue weighted by Crippen LogP contribution is 2.33. The molecule has 7 heteroatoms. The summed E-state index contributed by atoms with van der Waals surface area (Å²) in [4.78, 5) is 18.9. The Balaban J connectivity index is 1.18. The summed E-state index contributed by atoms with van der Waals surface area (Å²) in [5.74, 6) is 1.98. The van der Waals surface area contributed by atoms with Gasteiger partial charge in [0.15, 0.2) is 11.6 Å². The topological polar surface area (TPSA) is 75.9 Å². The summed E-state index contributed by atoms with van der Waals surface area (Å²) in [6.07, 6.45) is 10.4. The largest absolute Gasteiger partial charge is 0.365 e. The molecule has 3 heterocycles. The molecule has 1 aliphatic heterocycles. The maximum absolute atomic E-state index is 12.4. The molecular weight excluding hydrogens is 328 g/mol. The molecule has 0 aromatic carbocycles. The second kappa shape index (κ2) is 6.37. The van der Waals surface area contributed by atoms with Crippen LogP contribution in [-0.4, -0.2) is 39.4 Å². The van der Waals surface area contributed by atoms with Crippen molar-refractivity contribution in [1.82, 2.24) is 19.7 Å². The fraction of sp³-hybridized carbons (Fsp3) is 0.579. The third-order valence-corrected chi connectivity index (χ3v) is 5.70. The lowest BCUT2D eigenvalue weighted by Gasteiger charge is -2.40. The van der Waals surface area contributed by atoms with Crippen LogP contribution in [0.3, 0.4) is 0 Å². The van der Waals surface area contributed by atoms with Crippen LogP contribution in [-0.2, 0) is 12.8 Å². The summed E-state index contributed by atoms with van der Waals surface area (Å²) in [5, 5.41) is 12.1. The van der Waals surface area contributed by atoms with Gasteiger partial charge in [0.2, 0.25) is 0 Å². The Morgan fingerprint density at radius 2 is 2.00 bits per heavy atom. The van der Waals surface area contributed by atoms with Crippen molar-refractivity contribution in [3.8, 4) is 0 Å². The van der Waals surface area contributed by atoms with E-state index in [2.05, 4.69) is 31.5 Å². The summed E-state index contributed by atoms with van der Waals surface area (Å²) in [7, 11) is 0. The Labute approximate surface area is 152 Å². The number of anilines is 2. The lowest BCUT2D eigenvalue weighted by atomic mass is 9.95. The van der Waals surface area contributed by atoms with Crippen molar-refractivity contribution in [3.05, 3.63) is 40.1 Å². The van der Waals surface area contributed by atoms with Crippen LogP contribution in [0.2, 0.25) is 0 Å². The van der Waals surface area contributed by atoms with Crippen molar-refractivity contribution in [2.75, 3.05) is 29.9 Å². The second-order valence-electron chi connectivity index (χ2n) is 7.75. The van der Waals surface area contributed by atoms with Gasteiger partial charge in [-0.25, -0.2) is 4.98 Å². The summed E-state index contributed by atoms with van der Waals surface area (Å²) in [5.41, 5.74) is 2.56. The highest BCUT2D eigenvalue weighted by atomic mass is 16.1. The highest BCUT2D eigenvalue weighted by molar-refractivity contribution is 5.45. The molecule has 0 radical (unpaired) electrons. The van der Waals surface area contributed by atoms with E-state index in [9.17, 15) is 4.79 Å². The quantitative estimate of drug-likeness (QED) is 0.884. The van der Waals surface area contributed by atoms with E-state index in [1.54, 1.807) is 12.4 Å². The summed E-state index contributed by atoms with van der Waals surface area (Å²) >= 11 is 0. The number of nitrogens with one attached hydrogen (secondary N) is 1. The SMILES string of the molecule is O=c1c(NCC2CN(c3cc4c(nn3)CCCC4)C2)nccn1C1CC1. The zero-order valence-electron chi connectivity index (χ0n) is 14.9. The van der Waals surface area contributed by atoms with Crippen LogP contribution in [0.4, 0.5) is 11.6 Å². The van der Waals surface area contributed by atoms with Gasteiger partial charge in [-0.05, 0) is 50.2 Å². The smallest absolute Gasteiger partial charge is 0.293 e. The predicted octanol–water partition coefficient (Wildman–Crippen LogP) is 1.80. The molecule has 5 rings (SSSR count). The normalized spacial score (nSPS) is 19.8. The van der Waals surface area contributed by atoms with Gasteiger partial charge in [0.1, 0.15) is 0 Å². The van der Waals surface area contributed by atoms with Crippen LogP contribution in [0.1, 0.15) is 43.0 Å². The van der Waals surface area contributed by atoms with Crippen molar-refractivity contribution in [2.24, 2.45) is 5.92 Å². The van der Waals surface area contributed by atoms with Gasteiger partial charge >= 0.3 is 0 Å². The molecule has 2 fully saturated rings. The van der Waals surface area contributed by atoms with E-state index in [-0.39, 0.29) is 5.56 Å². The molecule has 0 amide bonds. The number of hydrogen-bond acceptors (Lipinski definition) is 6. The van der Waals surface area contributed by atoms with Crippen molar-refractivity contribution >= 4 is 11.6 Å². The number of nitrogens with zero attached hydrogens (tertiary/aromatic N) is 5. The van der Waals surface area contributed by atoms with Crippen LogP contribution in [0, 0.1) is 5.92 Å². The minimum absolute atomic E-state index is 0.00623. The molecule has 26 heavy (non-hydrogen) atoms. The number of aryl methyl sites for hydroxylation is 2. The third-order valence-electron chi connectivity index (χ3n) is 5.70. The van der Waals surface area contributed by atoms with Crippen molar-refractivity contribution in [2.45, 2.75) is 44.6 Å². The average molecular weight is 352 g/mol. The van der Waals surface area contributed by atoms with E-state index in [0.29, 0.717) is 17.8 Å². The molecule has 1 saturated heterocycles. The number of rotatable bonds is 5. The van der Waals surface area contributed by atoms with Gasteiger partial charge in [-0.15, -0.1) is 5.10 Å². The number of aromatic nitrogens is 4. The van der Waals surface area contributed by atoms with Crippen molar-refractivity contribution < 1.29 is 0 Å². The third kappa shape index (κ3) is 2.95. The lowest BCUT2D eigenvalue weighted by molar-refractivity contribution is 0.424. The molecule has 136 valence electrons.